The van der Waals surface area contributed by atoms with Crippen molar-refractivity contribution in [3.63, 3.8) is 0 Å². The Bertz CT molecular complexity index is 1220. The van der Waals surface area contributed by atoms with Gasteiger partial charge in [-0.05, 0) is 10.9 Å². The van der Waals surface area contributed by atoms with Crippen molar-refractivity contribution >= 4 is 16.6 Å². The molecule has 5 nitrogen and oxygen atoms in total. The number of quaternary nitrogens is 1. The molecule has 3 aromatic carbocycles. The molecule has 1 aliphatic heterocycles. The maximum atomic E-state index is 6.72. The summed E-state index contributed by atoms with van der Waals surface area (Å²) in [4.78, 5) is 6.06. The fraction of sp³-hybridized carbons (Fsp3) is 0.200. The van der Waals surface area contributed by atoms with Gasteiger partial charge in [-0.25, -0.2) is 4.57 Å². The summed E-state index contributed by atoms with van der Waals surface area (Å²) in [7, 11) is 4.28. The summed E-state index contributed by atoms with van der Waals surface area (Å²) in [5.41, 5.74) is 9.97. The number of nitrogens with zero attached hydrogens (tertiary/aromatic N) is 2. The van der Waals surface area contributed by atoms with Gasteiger partial charge in [-0.2, -0.15) is 0 Å². The second-order valence-electron chi connectivity index (χ2n) is 8.15. The van der Waals surface area contributed by atoms with Gasteiger partial charge in [-0.1, -0.05) is 71.7 Å². The second-order valence-corrected chi connectivity index (χ2v) is 8.15. The highest BCUT2D eigenvalue weighted by molar-refractivity contribution is 5.91. The number of aromatic nitrogens is 2. The highest BCUT2D eigenvalue weighted by Crippen LogP contribution is 2.50. The van der Waals surface area contributed by atoms with Gasteiger partial charge in [-0.15, -0.1) is 0 Å². The van der Waals surface area contributed by atoms with Crippen LogP contribution in [0.5, 0.6) is 11.6 Å². The number of hydrogen-bond donors (Lipinski definition) is 2. The summed E-state index contributed by atoms with van der Waals surface area (Å²) in [5.74, 6) is 2.16. The van der Waals surface area contributed by atoms with E-state index in [2.05, 4.69) is 62.6 Å². The van der Waals surface area contributed by atoms with Crippen molar-refractivity contribution in [2.45, 2.75) is 12.5 Å². The average molecular weight is 399 g/mol. The molecule has 150 valence electrons. The van der Waals surface area contributed by atoms with Gasteiger partial charge in [0.05, 0.1) is 20.0 Å². The quantitative estimate of drug-likeness (QED) is 0.458. The molecule has 1 aromatic heterocycles. The summed E-state index contributed by atoms with van der Waals surface area (Å²) in [6, 6.07) is 23.1. The Hall–Kier alpha value is -3.44. The minimum Gasteiger partial charge on any atom is -0.425 e. The lowest BCUT2D eigenvalue weighted by molar-refractivity contribution is -0.882. The number of nitrogen functional groups attached to an aromatic ring is 1. The van der Waals surface area contributed by atoms with E-state index in [1.54, 1.807) is 6.33 Å². The van der Waals surface area contributed by atoms with Gasteiger partial charge in [0.25, 0.3) is 0 Å². The standard InChI is InChI=1S/C25H24N4O/c1-28(2)14-15-29-16-27-25-22(24(29)26)21(18-9-4-3-5-10-18)20-13-12-17-8-6-7-11-19(17)23(20)30-25/h3-13,16,21,26H,14-15H2,1-2H3/p+2/t21-/m0/s1. The first kappa shape index (κ1) is 18.6. The molecule has 0 fully saturated rings. The maximum absolute atomic E-state index is 6.72. The van der Waals surface area contributed by atoms with Crippen LogP contribution in [0.3, 0.4) is 0 Å². The molecule has 1 aliphatic rings. The number of fused-ring (bicyclic) bond motifs is 4. The van der Waals surface area contributed by atoms with E-state index in [9.17, 15) is 0 Å². The zero-order chi connectivity index (χ0) is 20.7. The van der Waals surface area contributed by atoms with E-state index in [0.29, 0.717) is 11.7 Å². The van der Waals surface area contributed by atoms with Gasteiger partial charge in [0, 0.05) is 10.9 Å². The van der Waals surface area contributed by atoms with Crippen molar-refractivity contribution in [3.05, 3.63) is 89.7 Å². The zero-order valence-electron chi connectivity index (χ0n) is 17.3. The molecule has 4 aromatic rings. The predicted molar refractivity (Wildman–Crippen MR) is 118 cm³/mol. The molecule has 0 aliphatic carbocycles. The lowest BCUT2D eigenvalue weighted by Gasteiger charge is -2.28. The van der Waals surface area contributed by atoms with E-state index in [1.165, 1.54) is 10.5 Å². The molecule has 0 spiro atoms. The van der Waals surface area contributed by atoms with Crippen molar-refractivity contribution < 1.29 is 14.2 Å². The zero-order valence-corrected chi connectivity index (χ0v) is 17.3. The molecular formula is C25H26N4O+2. The van der Waals surface area contributed by atoms with Crippen molar-refractivity contribution in [2.24, 2.45) is 0 Å². The lowest BCUT2D eigenvalue weighted by atomic mass is 9.82. The Morgan fingerprint density at radius 3 is 2.57 bits per heavy atom. The highest BCUT2D eigenvalue weighted by atomic mass is 16.5. The predicted octanol–water partition coefficient (Wildman–Crippen LogP) is 2.53. The van der Waals surface area contributed by atoms with Crippen molar-refractivity contribution in [3.8, 4) is 11.6 Å². The van der Waals surface area contributed by atoms with E-state index in [0.717, 1.165) is 40.7 Å². The Kier molecular flexibility index (Phi) is 4.60. The van der Waals surface area contributed by atoms with Gasteiger partial charge in [0.1, 0.15) is 24.4 Å². The van der Waals surface area contributed by atoms with Crippen LogP contribution in [0.4, 0.5) is 5.82 Å². The maximum Gasteiger partial charge on any atom is 0.306 e. The molecule has 5 rings (SSSR count). The van der Waals surface area contributed by atoms with E-state index < -0.39 is 0 Å². The molecule has 0 radical (unpaired) electrons. The summed E-state index contributed by atoms with van der Waals surface area (Å²) in [6.45, 7) is 1.77. The largest absolute Gasteiger partial charge is 0.425 e. The summed E-state index contributed by atoms with van der Waals surface area (Å²) in [6.07, 6.45) is 1.80. The van der Waals surface area contributed by atoms with Crippen molar-refractivity contribution in [2.75, 3.05) is 26.4 Å². The monoisotopic (exact) mass is 398 g/mol. The fourth-order valence-corrected chi connectivity index (χ4v) is 4.24. The number of nitrogens with one attached hydrogen (secondary N) is 1. The molecule has 30 heavy (non-hydrogen) atoms. The molecule has 0 saturated heterocycles. The normalized spacial score (nSPS) is 15.0. The van der Waals surface area contributed by atoms with Crippen molar-refractivity contribution in [1.82, 2.24) is 4.98 Å². The van der Waals surface area contributed by atoms with E-state index >= 15 is 0 Å². The van der Waals surface area contributed by atoms with E-state index in [-0.39, 0.29) is 5.92 Å². The van der Waals surface area contributed by atoms with Gasteiger partial charge < -0.3 is 15.4 Å². The molecule has 5 heteroatoms. The third kappa shape index (κ3) is 3.08. The molecular weight excluding hydrogens is 372 g/mol. The second kappa shape index (κ2) is 7.43. The van der Waals surface area contributed by atoms with E-state index in [1.807, 2.05) is 22.8 Å². The number of hydrogen-bond acceptors (Lipinski definition) is 3. The SMILES string of the molecule is C[NH+](C)CC[n+]1cnc2c(c1N)[C@@H](c1ccccc1)c1ccc3ccccc3c1O2. The molecule has 1 atom stereocenters. The van der Waals surface area contributed by atoms with Gasteiger partial charge in [-0.3, -0.25) is 0 Å². The molecule has 0 bridgehead atoms. The summed E-state index contributed by atoms with van der Waals surface area (Å²) < 4.78 is 8.43. The Labute approximate surface area is 176 Å². The topological polar surface area (TPSA) is 56.5 Å². The van der Waals surface area contributed by atoms with Crippen LogP contribution in [0, 0.1) is 0 Å². The summed E-state index contributed by atoms with van der Waals surface area (Å²) in [5, 5.41) is 2.24. The summed E-state index contributed by atoms with van der Waals surface area (Å²) >= 11 is 0. The third-order valence-corrected chi connectivity index (χ3v) is 5.82. The fourth-order valence-electron chi connectivity index (χ4n) is 4.24. The van der Waals surface area contributed by atoms with Gasteiger partial charge >= 0.3 is 5.88 Å². The molecule has 3 N–H and O–H groups in total. The molecule has 0 saturated carbocycles. The highest BCUT2D eigenvalue weighted by Gasteiger charge is 2.36. The number of rotatable bonds is 4. The van der Waals surface area contributed by atoms with Crippen molar-refractivity contribution in [1.29, 1.82) is 0 Å². The van der Waals surface area contributed by atoms with Crippen LogP contribution in [-0.4, -0.2) is 25.6 Å². The average Bonchev–Trinajstić information content (AvgIpc) is 2.77. The minimum absolute atomic E-state index is 0.0267. The first-order valence-electron chi connectivity index (χ1n) is 10.3. The number of anilines is 1. The number of likely N-dealkylation sites (N-methyl/N-ethyl adjacent to an activating group) is 1. The van der Waals surface area contributed by atoms with Gasteiger partial charge in [0.2, 0.25) is 12.1 Å². The third-order valence-electron chi connectivity index (χ3n) is 5.82. The molecule has 0 unspecified atom stereocenters. The molecule has 0 amide bonds. The van der Waals surface area contributed by atoms with E-state index in [4.69, 9.17) is 15.5 Å². The Morgan fingerprint density at radius 2 is 1.77 bits per heavy atom. The number of benzene rings is 3. The number of ether oxygens (including phenoxy) is 1. The molecule has 2 heterocycles. The smallest absolute Gasteiger partial charge is 0.306 e. The van der Waals surface area contributed by atoms with Crippen LogP contribution in [0.2, 0.25) is 0 Å². The Balaban J connectivity index is 1.74. The van der Waals surface area contributed by atoms with Gasteiger partial charge in [0.15, 0.2) is 0 Å². The Morgan fingerprint density at radius 1 is 1.00 bits per heavy atom. The minimum atomic E-state index is -0.0267. The first-order chi connectivity index (χ1) is 14.6. The first-order valence-corrected chi connectivity index (χ1v) is 10.3. The van der Waals surface area contributed by atoms with Crippen LogP contribution in [0.15, 0.2) is 73.1 Å². The van der Waals surface area contributed by atoms with Crippen LogP contribution < -0.4 is 19.9 Å². The number of nitrogens with two attached hydrogens (primary N) is 1. The van der Waals surface area contributed by atoms with Crippen LogP contribution >= 0.6 is 0 Å². The lowest BCUT2D eigenvalue weighted by Crippen LogP contribution is -3.06. The van der Waals surface area contributed by atoms with Crippen LogP contribution in [0.25, 0.3) is 10.8 Å². The van der Waals surface area contributed by atoms with Crippen LogP contribution in [-0.2, 0) is 6.54 Å². The van der Waals surface area contributed by atoms with Crippen LogP contribution in [0.1, 0.15) is 22.6 Å².